The largest absolute Gasteiger partial charge is 0.342 e. The van der Waals surface area contributed by atoms with E-state index in [2.05, 4.69) is 78.5 Å². The Bertz CT molecular complexity index is 783. The smallest absolute Gasteiger partial charge is 0.00705 e. The van der Waals surface area contributed by atoms with E-state index in [0.29, 0.717) is 0 Å². The van der Waals surface area contributed by atoms with Gasteiger partial charge in [-0.1, -0.05) is 32.3 Å². The van der Waals surface area contributed by atoms with E-state index in [-0.39, 0.29) is 0 Å². The first kappa shape index (κ1) is 21.2. The van der Waals surface area contributed by atoms with Crippen molar-refractivity contribution in [2.24, 2.45) is 0 Å². The second kappa shape index (κ2) is 12.3. The van der Waals surface area contributed by atoms with Crippen molar-refractivity contribution in [1.29, 1.82) is 0 Å². The number of allylic oxidation sites excluding steroid dienone is 4. The molecule has 4 heteroatoms. The molecule has 2 aromatic carbocycles. The quantitative estimate of drug-likeness (QED) is 0.303. The van der Waals surface area contributed by atoms with Gasteiger partial charge in [-0.2, -0.15) is 6.08 Å². The summed E-state index contributed by atoms with van der Waals surface area (Å²) >= 11 is -0.556. The van der Waals surface area contributed by atoms with E-state index in [1.54, 1.807) is 0 Å². The van der Waals surface area contributed by atoms with E-state index in [4.69, 9.17) is 18.6 Å². The van der Waals surface area contributed by atoms with Crippen molar-refractivity contribution < 1.29 is 17.0 Å². The fourth-order valence-corrected chi connectivity index (χ4v) is 2.78. The summed E-state index contributed by atoms with van der Waals surface area (Å²) in [7, 11) is 9.78. The van der Waals surface area contributed by atoms with Gasteiger partial charge in [0.15, 0.2) is 0 Å². The summed E-state index contributed by atoms with van der Waals surface area (Å²) in [6.07, 6.45) is 16.7. The standard InChI is InChI=1S/C13H10N.C9H13.2ClH.Ti/c1-2-6-12-10-13(9-11(12)5-1)14-7-3-4-8-14;1-2-3-6-9-7-4-5-8-9;;;/h1-10H;4,7H,2-3,5-6H2,1H3;2*1H;/q2*-1;;;+2/p-2. The van der Waals surface area contributed by atoms with Gasteiger partial charge in [-0.3, -0.25) is 6.08 Å². The zero-order valence-electron chi connectivity index (χ0n) is 15.0. The van der Waals surface area contributed by atoms with Crippen molar-refractivity contribution in [3.63, 3.8) is 0 Å². The van der Waals surface area contributed by atoms with Crippen LogP contribution in [0.25, 0.3) is 16.5 Å². The Morgan fingerprint density at radius 1 is 1.15 bits per heavy atom. The van der Waals surface area contributed by atoms with Crippen molar-refractivity contribution in [2.45, 2.75) is 32.6 Å². The van der Waals surface area contributed by atoms with Crippen LogP contribution in [0.5, 0.6) is 0 Å². The zero-order valence-corrected chi connectivity index (χ0v) is 18.0. The zero-order chi connectivity index (χ0) is 18.6. The van der Waals surface area contributed by atoms with Crippen molar-refractivity contribution in [3.8, 4) is 5.69 Å². The Morgan fingerprint density at radius 3 is 2.50 bits per heavy atom. The normalized spacial score (nSPS) is 12.0. The molecule has 136 valence electrons. The SMILES string of the molecule is CCCCC1=[C-]CC=C1.[Cl][Ti][Cl].c1ccc2[cH-]c(-n3cccc3)cc2c1. The number of rotatable bonds is 4. The van der Waals surface area contributed by atoms with Gasteiger partial charge in [0.2, 0.25) is 0 Å². The Morgan fingerprint density at radius 2 is 1.88 bits per heavy atom. The Labute approximate surface area is 173 Å². The third-order valence-electron chi connectivity index (χ3n) is 4.07. The molecule has 0 radical (unpaired) electrons. The molecule has 0 fully saturated rings. The number of halogens is 2. The first-order chi connectivity index (χ1) is 12.8. The second-order valence-corrected chi connectivity index (χ2v) is 8.50. The first-order valence-electron chi connectivity index (χ1n) is 8.79. The topological polar surface area (TPSA) is 4.93 Å². The maximum Gasteiger partial charge on any atom is 0.00705 e. The Kier molecular flexibility index (Phi) is 10.0. The van der Waals surface area contributed by atoms with Crippen LogP contribution in [-0.4, -0.2) is 4.57 Å². The molecule has 0 saturated heterocycles. The molecule has 1 aromatic heterocycles. The third kappa shape index (κ3) is 6.89. The fourth-order valence-electron chi connectivity index (χ4n) is 2.78. The molecule has 0 saturated carbocycles. The van der Waals surface area contributed by atoms with Gasteiger partial charge < -0.3 is 4.57 Å². The molecule has 0 unspecified atom stereocenters. The number of hydrogen-bond acceptors (Lipinski definition) is 0. The molecule has 0 atom stereocenters. The summed E-state index contributed by atoms with van der Waals surface area (Å²) in [5.74, 6) is 0. The van der Waals surface area contributed by atoms with Crippen molar-refractivity contribution >= 4 is 29.4 Å². The Balaban J connectivity index is 0.000000175. The molecule has 0 spiro atoms. The summed E-state index contributed by atoms with van der Waals surface area (Å²) in [5.41, 5.74) is 2.65. The molecule has 3 aromatic rings. The summed E-state index contributed by atoms with van der Waals surface area (Å²) in [5, 5.41) is 2.60. The third-order valence-corrected chi connectivity index (χ3v) is 4.07. The van der Waals surface area contributed by atoms with Crippen molar-refractivity contribution in [3.05, 3.63) is 84.7 Å². The fraction of sp³-hybridized carbons (Fsp3) is 0.227. The van der Waals surface area contributed by atoms with Gasteiger partial charge in [-0.25, -0.2) is 11.6 Å². The van der Waals surface area contributed by atoms with Crippen LogP contribution in [-0.2, 0) is 17.0 Å². The predicted octanol–water partition coefficient (Wildman–Crippen LogP) is 7.59. The summed E-state index contributed by atoms with van der Waals surface area (Å²) in [4.78, 5) is 0. The van der Waals surface area contributed by atoms with Crippen LogP contribution >= 0.6 is 18.6 Å². The number of fused-ring (bicyclic) bond motifs is 1. The van der Waals surface area contributed by atoms with Crippen LogP contribution < -0.4 is 0 Å². The second-order valence-electron chi connectivity index (χ2n) is 5.92. The molecule has 0 amide bonds. The van der Waals surface area contributed by atoms with E-state index in [9.17, 15) is 0 Å². The van der Waals surface area contributed by atoms with Crippen molar-refractivity contribution in [2.75, 3.05) is 0 Å². The van der Waals surface area contributed by atoms with E-state index in [1.165, 1.54) is 41.3 Å². The van der Waals surface area contributed by atoms with Gasteiger partial charge in [0.1, 0.15) is 0 Å². The maximum atomic E-state index is 4.89. The molecule has 0 bridgehead atoms. The summed E-state index contributed by atoms with van der Waals surface area (Å²) < 4.78 is 2.12. The minimum atomic E-state index is -0.556. The predicted molar refractivity (Wildman–Crippen MR) is 111 cm³/mol. The van der Waals surface area contributed by atoms with Gasteiger partial charge >= 0.3 is 35.6 Å². The summed E-state index contributed by atoms with van der Waals surface area (Å²) in [6.45, 7) is 2.22. The first-order valence-corrected chi connectivity index (χ1v) is 13.1. The molecular weight excluding hydrogens is 397 g/mol. The molecule has 4 rings (SSSR count). The molecular formula is C22H23Cl2NTi-2. The number of unbranched alkanes of at least 4 members (excludes halogenated alkanes) is 1. The monoisotopic (exact) mass is 419 g/mol. The Hall–Kier alpha value is -1.12. The van der Waals surface area contributed by atoms with E-state index < -0.39 is 17.0 Å². The van der Waals surface area contributed by atoms with Gasteiger partial charge in [-0.15, -0.1) is 47.5 Å². The summed E-state index contributed by atoms with van der Waals surface area (Å²) in [6, 6.07) is 16.9. The van der Waals surface area contributed by atoms with E-state index in [0.717, 1.165) is 6.42 Å². The molecule has 0 N–H and O–H groups in total. The number of hydrogen-bond donors (Lipinski definition) is 0. The maximum absolute atomic E-state index is 4.89. The molecule has 1 aliphatic carbocycles. The van der Waals surface area contributed by atoms with E-state index in [1.807, 2.05) is 12.1 Å². The van der Waals surface area contributed by atoms with Crippen LogP contribution in [0.1, 0.15) is 32.6 Å². The van der Waals surface area contributed by atoms with Crippen LogP contribution in [0.2, 0.25) is 0 Å². The van der Waals surface area contributed by atoms with Gasteiger partial charge in [-0.05, 0) is 17.8 Å². The van der Waals surface area contributed by atoms with Gasteiger partial charge in [0, 0.05) is 12.4 Å². The van der Waals surface area contributed by atoms with Crippen molar-refractivity contribution in [1.82, 2.24) is 4.57 Å². The van der Waals surface area contributed by atoms with Gasteiger partial charge in [0.25, 0.3) is 0 Å². The van der Waals surface area contributed by atoms with Gasteiger partial charge in [0.05, 0.1) is 0 Å². The average Bonchev–Trinajstić information content (AvgIpc) is 3.42. The van der Waals surface area contributed by atoms with Crippen LogP contribution in [0.4, 0.5) is 0 Å². The van der Waals surface area contributed by atoms with Crippen LogP contribution in [0, 0.1) is 6.08 Å². The average molecular weight is 420 g/mol. The molecule has 1 aliphatic rings. The van der Waals surface area contributed by atoms with E-state index >= 15 is 0 Å². The molecule has 1 heterocycles. The minimum Gasteiger partial charge on any atom is -0.342 e. The molecule has 1 nitrogen and oxygen atoms in total. The number of aromatic nitrogens is 1. The van der Waals surface area contributed by atoms with Crippen LogP contribution in [0.15, 0.2) is 78.6 Å². The number of benzene rings is 1. The molecule has 0 aliphatic heterocycles. The molecule has 26 heavy (non-hydrogen) atoms. The van der Waals surface area contributed by atoms with Crippen LogP contribution in [0.3, 0.4) is 0 Å². The minimum absolute atomic E-state index is 0.556. The number of nitrogens with zero attached hydrogens (tertiary/aromatic N) is 1.